The quantitative estimate of drug-likeness (QED) is 0.227. The molecule has 1 N–H and O–H groups in total. The molecule has 3 aromatic rings. The second-order valence-electron chi connectivity index (χ2n) is 7.41. The van der Waals surface area contributed by atoms with Gasteiger partial charge in [0.2, 0.25) is 0 Å². The van der Waals surface area contributed by atoms with E-state index in [1.54, 1.807) is 54.6 Å². The van der Waals surface area contributed by atoms with E-state index < -0.39 is 11.9 Å². The van der Waals surface area contributed by atoms with Gasteiger partial charge < -0.3 is 14.8 Å². The molecule has 35 heavy (non-hydrogen) atoms. The molecule has 0 unspecified atom stereocenters. The Labute approximate surface area is 225 Å². The number of urea groups is 1. The first-order valence-electron chi connectivity index (χ1n) is 10.4. The molecule has 1 saturated heterocycles. The Kier molecular flexibility index (Phi) is 7.91. The van der Waals surface area contributed by atoms with Crippen molar-refractivity contribution in [3.63, 3.8) is 0 Å². The normalized spacial score (nSPS) is 14.4. The van der Waals surface area contributed by atoms with Crippen LogP contribution in [0, 0.1) is 0 Å². The number of hydrogen-bond donors (Lipinski definition) is 1. The van der Waals surface area contributed by atoms with Gasteiger partial charge in [0.15, 0.2) is 11.5 Å². The van der Waals surface area contributed by atoms with E-state index in [2.05, 4.69) is 21.2 Å². The molecule has 0 aliphatic carbocycles. The zero-order valence-electron chi connectivity index (χ0n) is 18.3. The summed E-state index contributed by atoms with van der Waals surface area (Å²) in [5, 5.41) is 3.93. The second-order valence-corrected chi connectivity index (χ2v) is 9.51. The van der Waals surface area contributed by atoms with Gasteiger partial charge in [-0.1, -0.05) is 46.9 Å². The predicted molar refractivity (Wildman–Crippen MR) is 142 cm³/mol. The largest absolute Gasteiger partial charge is 0.490 e. The third kappa shape index (κ3) is 5.76. The highest BCUT2D eigenvalue weighted by molar-refractivity contribution is 9.10. The minimum absolute atomic E-state index is 0.119. The Balaban J connectivity index is 1.60. The molecule has 1 heterocycles. The van der Waals surface area contributed by atoms with E-state index in [-0.39, 0.29) is 12.3 Å². The molecule has 4 rings (SSSR count). The maximum Gasteiger partial charge on any atom is 0.333 e. The van der Waals surface area contributed by atoms with Crippen molar-refractivity contribution < 1.29 is 19.1 Å². The Bertz CT molecular complexity index is 1350. The van der Waals surface area contributed by atoms with Crippen molar-refractivity contribution in [1.82, 2.24) is 5.32 Å². The highest BCUT2D eigenvalue weighted by Gasteiger charge is 2.35. The molecule has 1 aliphatic heterocycles. The lowest BCUT2D eigenvalue weighted by Crippen LogP contribution is -2.30. The number of rotatable bonds is 7. The van der Waals surface area contributed by atoms with Gasteiger partial charge in [-0.15, -0.1) is 0 Å². The number of carbonyl (C=O) groups is 2. The average Bonchev–Trinajstić information content (AvgIpc) is 3.08. The second kappa shape index (κ2) is 10.9. The van der Waals surface area contributed by atoms with Crippen LogP contribution in [0.15, 0.2) is 64.8 Å². The number of imide groups is 1. The van der Waals surface area contributed by atoms with Gasteiger partial charge in [-0.25, -0.2) is 9.69 Å². The van der Waals surface area contributed by atoms with E-state index in [0.717, 1.165) is 10.5 Å². The third-order valence-electron chi connectivity index (χ3n) is 4.95. The maximum atomic E-state index is 12.9. The van der Waals surface area contributed by atoms with Gasteiger partial charge in [0.1, 0.15) is 12.3 Å². The summed E-state index contributed by atoms with van der Waals surface area (Å²) in [6, 6.07) is 14.7. The lowest BCUT2D eigenvalue weighted by Gasteiger charge is -2.15. The summed E-state index contributed by atoms with van der Waals surface area (Å²) in [7, 11) is 0. The first kappa shape index (κ1) is 25.4. The van der Waals surface area contributed by atoms with Crippen molar-refractivity contribution in [1.29, 1.82) is 0 Å². The van der Waals surface area contributed by atoms with E-state index >= 15 is 0 Å². The highest BCUT2D eigenvalue weighted by atomic mass is 79.9. The van der Waals surface area contributed by atoms with Gasteiger partial charge in [-0.3, -0.25) is 4.79 Å². The number of halogens is 4. The van der Waals surface area contributed by atoms with Gasteiger partial charge in [-0.2, -0.15) is 0 Å². The number of anilines is 1. The van der Waals surface area contributed by atoms with Crippen LogP contribution in [-0.2, 0) is 11.4 Å². The maximum absolute atomic E-state index is 12.9. The van der Waals surface area contributed by atoms with Crippen molar-refractivity contribution in [3.8, 4) is 11.5 Å². The first-order chi connectivity index (χ1) is 16.8. The molecule has 0 bridgehead atoms. The summed E-state index contributed by atoms with van der Waals surface area (Å²) in [6.07, 6.45) is 1.57. The Morgan fingerprint density at radius 2 is 1.80 bits per heavy atom. The molecule has 0 saturated carbocycles. The number of carbonyl (C=O) groups excluding carboxylic acids is 2. The third-order valence-corrected chi connectivity index (χ3v) is 6.52. The molecule has 1 aliphatic rings. The minimum atomic E-state index is -0.561. The molecular formula is C25H18BrCl3N2O4. The van der Waals surface area contributed by atoms with Gasteiger partial charge >= 0.3 is 6.03 Å². The van der Waals surface area contributed by atoms with Crippen molar-refractivity contribution >= 4 is 74.4 Å². The fourth-order valence-corrected chi connectivity index (χ4v) is 4.49. The average molecular weight is 597 g/mol. The molecule has 1 fully saturated rings. The van der Waals surface area contributed by atoms with Crippen LogP contribution in [0.3, 0.4) is 0 Å². The van der Waals surface area contributed by atoms with E-state index in [1.807, 2.05) is 13.0 Å². The minimum Gasteiger partial charge on any atom is -0.490 e. The molecule has 10 heteroatoms. The summed E-state index contributed by atoms with van der Waals surface area (Å²) < 4.78 is 12.4. The number of nitrogens with one attached hydrogen (secondary N) is 1. The lowest BCUT2D eigenvalue weighted by atomic mass is 10.1. The molecule has 0 aromatic heterocycles. The van der Waals surface area contributed by atoms with Crippen molar-refractivity contribution in [2.24, 2.45) is 0 Å². The van der Waals surface area contributed by atoms with Crippen molar-refractivity contribution in [3.05, 3.63) is 91.0 Å². The van der Waals surface area contributed by atoms with Crippen LogP contribution in [0.2, 0.25) is 15.1 Å². The van der Waals surface area contributed by atoms with E-state index in [9.17, 15) is 9.59 Å². The fourth-order valence-electron chi connectivity index (χ4n) is 3.41. The number of hydrogen-bond acceptors (Lipinski definition) is 4. The molecule has 180 valence electrons. The highest BCUT2D eigenvalue weighted by Crippen LogP contribution is 2.38. The fraction of sp³-hybridized carbons (Fsp3) is 0.120. The zero-order chi connectivity index (χ0) is 25.1. The van der Waals surface area contributed by atoms with Crippen molar-refractivity contribution in [2.45, 2.75) is 13.5 Å². The zero-order valence-corrected chi connectivity index (χ0v) is 22.1. The Morgan fingerprint density at radius 1 is 1.00 bits per heavy atom. The van der Waals surface area contributed by atoms with Gasteiger partial charge in [0.05, 0.1) is 26.8 Å². The van der Waals surface area contributed by atoms with Gasteiger partial charge in [-0.05, 0) is 82.5 Å². The summed E-state index contributed by atoms with van der Waals surface area (Å²) in [4.78, 5) is 26.5. The summed E-state index contributed by atoms with van der Waals surface area (Å²) in [6.45, 7) is 2.48. The summed E-state index contributed by atoms with van der Waals surface area (Å²) in [5.41, 5.74) is 1.96. The monoisotopic (exact) mass is 594 g/mol. The molecule has 3 amide bonds. The topological polar surface area (TPSA) is 67.9 Å². The first-order valence-corrected chi connectivity index (χ1v) is 12.3. The number of amides is 3. The number of nitrogens with zero attached hydrogens (tertiary/aromatic N) is 1. The van der Waals surface area contributed by atoms with E-state index in [0.29, 0.717) is 48.9 Å². The molecular weight excluding hydrogens is 579 g/mol. The van der Waals surface area contributed by atoms with E-state index in [1.165, 1.54) is 0 Å². The van der Waals surface area contributed by atoms with Gasteiger partial charge in [0, 0.05) is 5.02 Å². The van der Waals surface area contributed by atoms with Crippen molar-refractivity contribution in [2.75, 3.05) is 11.5 Å². The molecule has 0 atom stereocenters. The standard InChI is InChI=1S/C25H18BrCl3N2O4/c1-2-34-22-11-15(8-18(26)23(22)35-13-14-6-7-19(28)20(29)9-14)10-21-24(32)31(25(33)30-21)17-5-3-4-16(27)12-17/h3-12H,2,13H2,1H3,(H,30,33)/b21-10+. The number of benzene rings is 3. The van der Waals surface area contributed by atoms with Gasteiger partial charge in [0.25, 0.3) is 5.91 Å². The smallest absolute Gasteiger partial charge is 0.333 e. The van der Waals surface area contributed by atoms with E-state index in [4.69, 9.17) is 44.3 Å². The van der Waals surface area contributed by atoms with Crippen LogP contribution >= 0.6 is 50.7 Å². The molecule has 3 aromatic carbocycles. The van der Waals surface area contributed by atoms with Crippen LogP contribution in [0.5, 0.6) is 11.5 Å². The molecule has 0 spiro atoms. The Hall–Kier alpha value is -2.71. The van der Waals surface area contributed by atoms with Crippen LogP contribution in [0.1, 0.15) is 18.1 Å². The lowest BCUT2D eigenvalue weighted by molar-refractivity contribution is -0.113. The number of ether oxygens (including phenoxy) is 2. The SMILES string of the molecule is CCOc1cc(/C=C2/NC(=O)N(c3cccc(Cl)c3)C2=O)cc(Br)c1OCc1ccc(Cl)c(Cl)c1. The predicted octanol–water partition coefficient (Wildman–Crippen LogP) is 7.48. The van der Waals surface area contributed by atoms with Crippen LogP contribution in [-0.4, -0.2) is 18.5 Å². The van der Waals surface area contributed by atoms with Crippen LogP contribution < -0.4 is 19.7 Å². The summed E-state index contributed by atoms with van der Waals surface area (Å²) >= 11 is 21.6. The Morgan fingerprint density at radius 3 is 2.51 bits per heavy atom. The van der Waals surface area contributed by atoms with Crippen LogP contribution in [0.25, 0.3) is 6.08 Å². The van der Waals surface area contributed by atoms with Crippen LogP contribution in [0.4, 0.5) is 10.5 Å². The molecule has 6 nitrogen and oxygen atoms in total. The molecule has 0 radical (unpaired) electrons. The summed E-state index contributed by atoms with van der Waals surface area (Å²) in [5.74, 6) is 0.464.